The van der Waals surface area contributed by atoms with E-state index in [1.54, 1.807) is 27.5 Å². The van der Waals surface area contributed by atoms with Crippen LogP contribution >= 0.6 is 7.14 Å². The molecule has 11 nitrogen and oxygen atoms in total. The Morgan fingerprint density at radius 3 is 2.32 bits per heavy atom. The predicted molar refractivity (Wildman–Crippen MR) is 179 cm³/mol. The number of aromatic amines is 1. The van der Waals surface area contributed by atoms with Gasteiger partial charge in [-0.3, -0.25) is 4.90 Å². The topological polar surface area (TPSA) is 109 Å². The molecule has 44 heavy (non-hydrogen) atoms. The molecule has 4 heterocycles. The summed E-state index contributed by atoms with van der Waals surface area (Å²) in [5.41, 5.74) is 3.54. The van der Waals surface area contributed by atoms with Gasteiger partial charge in [0.25, 0.3) is 0 Å². The van der Waals surface area contributed by atoms with Crippen molar-refractivity contribution in [3.63, 3.8) is 0 Å². The number of nitrogens with one attached hydrogen (secondary N) is 4. The van der Waals surface area contributed by atoms with E-state index < -0.39 is 13.4 Å². The summed E-state index contributed by atoms with van der Waals surface area (Å²) in [4.78, 5) is 15.7. The fourth-order valence-corrected chi connectivity index (χ4v) is 7.15. The molecule has 2 fully saturated rings. The second kappa shape index (κ2) is 12.8. The number of fused-ring (bicyclic) bond motifs is 1. The van der Waals surface area contributed by atoms with E-state index in [-0.39, 0.29) is 0 Å². The van der Waals surface area contributed by atoms with Gasteiger partial charge in [0.1, 0.15) is 29.9 Å². The maximum Gasteiger partial charge on any atom is 0.197 e. The minimum Gasteiger partial charge on any atom is -0.495 e. The lowest BCUT2D eigenvalue weighted by atomic mass is 10.0. The largest absolute Gasteiger partial charge is 0.495 e. The van der Waals surface area contributed by atoms with Crippen molar-refractivity contribution in [1.82, 2.24) is 20.1 Å². The molecule has 3 aliphatic heterocycles. The summed E-state index contributed by atoms with van der Waals surface area (Å²) in [5.74, 6) is 2.16. The quantitative estimate of drug-likeness (QED) is 0.268. The molecule has 0 saturated carbocycles. The molecule has 1 unspecified atom stereocenters. The first-order valence-corrected chi connectivity index (χ1v) is 18.0. The molecule has 4 N–H and O–H groups in total. The second-order valence-corrected chi connectivity index (χ2v) is 15.5. The third-order valence-electron chi connectivity index (χ3n) is 8.96. The third kappa shape index (κ3) is 6.55. The lowest BCUT2D eigenvalue weighted by Crippen LogP contribution is -2.52. The zero-order chi connectivity index (χ0) is 30.8. The summed E-state index contributed by atoms with van der Waals surface area (Å²) >= 11 is 0. The number of aromatic nitrogens is 1. The van der Waals surface area contributed by atoms with E-state index in [0.29, 0.717) is 11.8 Å². The Bertz CT molecular complexity index is 1640. The molecule has 0 aliphatic carbocycles. The molecule has 236 valence electrons. The van der Waals surface area contributed by atoms with Crippen molar-refractivity contribution in [3.8, 4) is 11.5 Å². The van der Waals surface area contributed by atoms with Gasteiger partial charge in [-0.1, -0.05) is 0 Å². The molecular weight excluding hydrogens is 575 g/mol. The van der Waals surface area contributed by atoms with E-state index in [1.165, 1.54) is 31.6 Å². The molecule has 0 radical (unpaired) electrons. The summed E-state index contributed by atoms with van der Waals surface area (Å²) in [6.45, 7) is 10.3. The van der Waals surface area contributed by atoms with Gasteiger partial charge in [-0.25, -0.2) is 4.99 Å². The Balaban J connectivity index is 1.15. The summed E-state index contributed by atoms with van der Waals surface area (Å²) in [6, 6.07) is 14.6. The fraction of sp³-hybridized carbons (Fsp3) is 0.469. The van der Waals surface area contributed by atoms with Gasteiger partial charge in [0.15, 0.2) is 6.29 Å². The van der Waals surface area contributed by atoms with Crippen molar-refractivity contribution >= 4 is 35.3 Å². The van der Waals surface area contributed by atoms with E-state index in [9.17, 15) is 4.57 Å². The number of likely N-dealkylation sites (N-methyl/N-ethyl adjacent to an activating group) is 1. The summed E-state index contributed by atoms with van der Waals surface area (Å²) in [7, 11) is 3.12. The molecule has 1 atom stereocenters. The number of piperidine rings is 1. The van der Waals surface area contributed by atoms with Crippen LogP contribution in [0.2, 0.25) is 0 Å². The highest BCUT2D eigenvalue weighted by Gasteiger charge is 2.27. The highest BCUT2D eigenvalue weighted by molar-refractivity contribution is 7.70. The van der Waals surface area contributed by atoms with E-state index in [1.807, 2.05) is 30.5 Å². The molecule has 3 aromatic rings. The first-order valence-electron chi connectivity index (χ1n) is 15.4. The van der Waals surface area contributed by atoms with Crippen LogP contribution in [-0.4, -0.2) is 101 Å². The van der Waals surface area contributed by atoms with E-state index in [2.05, 4.69) is 60.9 Å². The Kier molecular flexibility index (Phi) is 8.80. The molecule has 3 aliphatic rings. The second-order valence-electron chi connectivity index (χ2n) is 12.2. The number of hydrogen-bond donors (Lipinski definition) is 4. The highest BCUT2D eigenvalue weighted by atomic mass is 31.2. The van der Waals surface area contributed by atoms with Gasteiger partial charge in [0, 0.05) is 68.6 Å². The Hall–Kier alpha value is -3.66. The minimum atomic E-state index is -2.42. The predicted octanol–water partition coefficient (Wildman–Crippen LogP) is 2.29. The highest BCUT2D eigenvalue weighted by Crippen LogP contribution is 2.38. The number of methoxy groups -OCH3 is 2. The average molecular weight is 621 g/mol. The van der Waals surface area contributed by atoms with Crippen LogP contribution in [0, 0.1) is 0 Å². The molecule has 0 amide bonds. The van der Waals surface area contributed by atoms with Crippen molar-refractivity contribution in [1.29, 1.82) is 0 Å². The molecule has 2 aromatic carbocycles. The summed E-state index contributed by atoms with van der Waals surface area (Å²) in [5, 5.41) is 12.1. The first kappa shape index (κ1) is 30.4. The van der Waals surface area contributed by atoms with Gasteiger partial charge in [-0.15, -0.1) is 0 Å². The lowest BCUT2D eigenvalue weighted by Gasteiger charge is -2.42. The van der Waals surface area contributed by atoms with Crippen molar-refractivity contribution in [2.75, 3.05) is 89.4 Å². The normalized spacial score (nSPS) is 20.0. The van der Waals surface area contributed by atoms with Crippen LogP contribution in [-0.2, 0) is 4.57 Å². The van der Waals surface area contributed by atoms with Crippen molar-refractivity contribution in [2.24, 2.45) is 4.99 Å². The zero-order valence-electron chi connectivity index (χ0n) is 26.4. The van der Waals surface area contributed by atoms with Crippen molar-refractivity contribution in [3.05, 3.63) is 59.4 Å². The number of rotatable bonds is 9. The van der Waals surface area contributed by atoms with Crippen LogP contribution in [0.25, 0.3) is 5.82 Å². The summed E-state index contributed by atoms with van der Waals surface area (Å²) in [6.07, 6.45) is 3.78. The van der Waals surface area contributed by atoms with Crippen LogP contribution < -0.4 is 46.3 Å². The SMILES string of the molecule is COc1cc(P(C)(C)=O)ccc1NC1=c2cc[nH]c2=NC(Nc2ccc(N3CCC(N4CCN(C)CC4)CC3)cc2OC)N1. The third-order valence-corrected chi connectivity index (χ3v) is 10.5. The molecule has 0 spiro atoms. The number of anilines is 3. The van der Waals surface area contributed by atoms with Crippen LogP contribution in [0.5, 0.6) is 11.5 Å². The number of H-pyrrole nitrogens is 1. The van der Waals surface area contributed by atoms with Crippen LogP contribution in [0.4, 0.5) is 17.1 Å². The molecule has 0 bridgehead atoms. The standard InChI is InChI=1S/C32H45N8O3P/c1-38-16-18-40(19-17-38)22-11-14-39(15-12-22)23-6-8-27(28(20-23)42-2)35-32-36-30-25(10-13-33-30)31(37-32)34-26-9-7-24(44(4,5)41)21-29(26)43-3/h6-10,13,20-22,32,34-35,37H,11-12,14-19H2,1-5H3,(H,33,36). The van der Waals surface area contributed by atoms with E-state index in [4.69, 9.17) is 14.5 Å². The number of ether oxygens (including phenoxy) is 2. The lowest BCUT2D eigenvalue weighted by molar-refractivity contribution is 0.0982. The molecule has 6 rings (SSSR count). The number of hydrogen-bond acceptors (Lipinski definition) is 10. The van der Waals surface area contributed by atoms with Gasteiger partial charge in [0.2, 0.25) is 0 Å². The van der Waals surface area contributed by atoms with Gasteiger partial charge < -0.3 is 44.8 Å². The van der Waals surface area contributed by atoms with Gasteiger partial charge in [-0.05, 0) is 69.6 Å². The van der Waals surface area contributed by atoms with Gasteiger partial charge >= 0.3 is 0 Å². The number of nitrogens with zero attached hydrogens (tertiary/aromatic N) is 4. The van der Waals surface area contributed by atoms with E-state index in [0.717, 1.165) is 65.1 Å². The minimum absolute atomic E-state index is 0.459. The van der Waals surface area contributed by atoms with Crippen LogP contribution in [0.15, 0.2) is 53.7 Å². The zero-order valence-corrected chi connectivity index (χ0v) is 27.3. The number of piperazine rings is 1. The summed E-state index contributed by atoms with van der Waals surface area (Å²) < 4.78 is 24.1. The Morgan fingerprint density at radius 1 is 0.909 bits per heavy atom. The van der Waals surface area contributed by atoms with Crippen molar-refractivity contribution in [2.45, 2.75) is 25.2 Å². The molecular formula is C32H45N8O3P. The molecule has 1 aromatic heterocycles. The fourth-order valence-electron chi connectivity index (χ4n) is 6.29. The Morgan fingerprint density at radius 2 is 1.61 bits per heavy atom. The van der Waals surface area contributed by atoms with Crippen LogP contribution in [0.3, 0.4) is 0 Å². The number of benzene rings is 2. The average Bonchev–Trinajstić information content (AvgIpc) is 3.50. The molecule has 2 saturated heterocycles. The maximum absolute atomic E-state index is 12.6. The first-order chi connectivity index (χ1) is 21.2. The van der Waals surface area contributed by atoms with Crippen LogP contribution in [0.1, 0.15) is 12.8 Å². The smallest absolute Gasteiger partial charge is 0.197 e. The monoisotopic (exact) mass is 620 g/mol. The van der Waals surface area contributed by atoms with Gasteiger partial charge in [0.05, 0.1) is 30.8 Å². The molecule has 12 heteroatoms. The Labute approximate surface area is 259 Å². The van der Waals surface area contributed by atoms with E-state index >= 15 is 0 Å². The maximum atomic E-state index is 12.6. The van der Waals surface area contributed by atoms with Gasteiger partial charge in [-0.2, -0.15) is 0 Å². The van der Waals surface area contributed by atoms with Crippen molar-refractivity contribution < 1.29 is 14.0 Å².